The van der Waals surface area contributed by atoms with E-state index in [4.69, 9.17) is 9.84 Å². The number of ether oxygens (including phenoxy) is 1. The van der Waals surface area contributed by atoms with Gasteiger partial charge in [0.25, 0.3) is 0 Å². The van der Waals surface area contributed by atoms with Crippen LogP contribution in [0.3, 0.4) is 0 Å². The highest BCUT2D eigenvalue weighted by Gasteiger charge is 2.47. The maximum Gasteiger partial charge on any atom is 0.311 e. The summed E-state index contributed by atoms with van der Waals surface area (Å²) in [5.74, 6) is 0.363. The first-order chi connectivity index (χ1) is 6.63. The molecular formula is C11H18O3. The molecule has 1 N–H and O–H groups in total. The molecule has 2 fully saturated rings. The zero-order valence-electron chi connectivity index (χ0n) is 8.66. The van der Waals surface area contributed by atoms with E-state index in [-0.39, 0.29) is 0 Å². The number of carbonyl (C=O) groups is 1. The fraction of sp³-hybridized carbons (Fsp3) is 0.909. The van der Waals surface area contributed by atoms with Crippen LogP contribution in [0.25, 0.3) is 0 Å². The summed E-state index contributed by atoms with van der Waals surface area (Å²) >= 11 is 0. The zero-order chi connectivity index (χ0) is 10.2. The van der Waals surface area contributed by atoms with Crippen molar-refractivity contribution in [2.45, 2.75) is 32.6 Å². The Morgan fingerprint density at radius 2 is 2.07 bits per heavy atom. The van der Waals surface area contributed by atoms with E-state index >= 15 is 0 Å². The highest BCUT2D eigenvalue weighted by Crippen LogP contribution is 2.46. The first kappa shape index (κ1) is 9.97. The van der Waals surface area contributed by atoms with Gasteiger partial charge in [0.1, 0.15) is 0 Å². The molecule has 0 aliphatic heterocycles. The fourth-order valence-electron chi connectivity index (χ4n) is 1.80. The molecule has 0 saturated heterocycles. The minimum Gasteiger partial charge on any atom is -0.481 e. The predicted molar refractivity (Wildman–Crippen MR) is 52.0 cm³/mol. The van der Waals surface area contributed by atoms with E-state index in [2.05, 4.69) is 0 Å². The minimum atomic E-state index is -0.698. The van der Waals surface area contributed by atoms with Gasteiger partial charge >= 0.3 is 5.97 Å². The molecule has 2 aliphatic rings. The lowest BCUT2D eigenvalue weighted by molar-refractivity contribution is -0.153. The van der Waals surface area contributed by atoms with Crippen LogP contribution in [0.15, 0.2) is 0 Å². The minimum absolute atomic E-state index is 0.346. The van der Waals surface area contributed by atoms with Gasteiger partial charge in [-0.3, -0.25) is 4.79 Å². The Hall–Kier alpha value is -0.570. The summed E-state index contributed by atoms with van der Waals surface area (Å²) in [5, 5.41) is 9.14. The summed E-state index contributed by atoms with van der Waals surface area (Å²) in [6.45, 7) is 2.97. The molecule has 3 nitrogen and oxygen atoms in total. The molecule has 0 radical (unpaired) electrons. The van der Waals surface area contributed by atoms with Gasteiger partial charge in [-0.15, -0.1) is 0 Å². The lowest BCUT2D eigenvalue weighted by atomic mass is 9.86. The maximum absolute atomic E-state index is 11.1. The monoisotopic (exact) mass is 198 g/mol. The molecular weight excluding hydrogens is 180 g/mol. The van der Waals surface area contributed by atoms with Crippen LogP contribution in [-0.2, 0) is 9.53 Å². The van der Waals surface area contributed by atoms with Gasteiger partial charge in [0.05, 0.1) is 12.0 Å². The summed E-state index contributed by atoms with van der Waals surface area (Å²) in [4.78, 5) is 11.1. The van der Waals surface area contributed by atoms with Crippen LogP contribution in [0.5, 0.6) is 0 Å². The van der Waals surface area contributed by atoms with Crippen LogP contribution in [0.1, 0.15) is 32.6 Å². The number of carboxylic acids is 1. The third-order valence-corrected chi connectivity index (χ3v) is 3.42. The van der Waals surface area contributed by atoms with Crippen molar-refractivity contribution < 1.29 is 14.6 Å². The van der Waals surface area contributed by atoms with Crippen molar-refractivity contribution in [2.75, 3.05) is 13.2 Å². The molecule has 1 unspecified atom stereocenters. The van der Waals surface area contributed by atoms with Gasteiger partial charge in [0, 0.05) is 6.61 Å². The predicted octanol–water partition coefficient (Wildman–Crippen LogP) is 1.91. The molecule has 0 aromatic heterocycles. The van der Waals surface area contributed by atoms with Crippen LogP contribution in [0.2, 0.25) is 0 Å². The van der Waals surface area contributed by atoms with E-state index in [1.54, 1.807) is 0 Å². The summed E-state index contributed by atoms with van der Waals surface area (Å²) in [5.41, 5.74) is -0.630. The molecule has 1 atom stereocenters. The number of carboxylic acid groups (broad SMARTS) is 1. The van der Waals surface area contributed by atoms with E-state index in [0.717, 1.165) is 19.4 Å². The lowest BCUT2D eigenvalue weighted by Gasteiger charge is -2.24. The van der Waals surface area contributed by atoms with Crippen LogP contribution < -0.4 is 0 Å². The normalized spacial score (nSPS) is 25.8. The number of hydrogen-bond donors (Lipinski definition) is 1. The van der Waals surface area contributed by atoms with E-state index in [9.17, 15) is 4.79 Å². The zero-order valence-corrected chi connectivity index (χ0v) is 8.66. The van der Waals surface area contributed by atoms with E-state index in [1.807, 2.05) is 6.92 Å². The van der Waals surface area contributed by atoms with Gasteiger partial charge < -0.3 is 9.84 Å². The van der Waals surface area contributed by atoms with Crippen molar-refractivity contribution in [1.29, 1.82) is 0 Å². The van der Waals surface area contributed by atoms with Crippen molar-refractivity contribution in [2.24, 2.45) is 17.3 Å². The molecule has 2 rings (SSSR count). The molecule has 0 aromatic carbocycles. The molecule has 14 heavy (non-hydrogen) atoms. The van der Waals surface area contributed by atoms with Crippen LogP contribution in [0, 0.1) is 17.3 Å². The molecule has 80 valence electrons. The standard InChI is InChI=1S/C11H18O3/c1-11(10(12)13,9-4-5-9)7-14-6-8-2-3-8/h8-9H,2-7H2,1H3,(H,12,13). The Kier molecular flexibility index (Phi) is 2.52. The number of rotatable bonds is 6. The van der Waals surface area contributed by atoms with Crippen molar-refractivity contribution >= 4 is 5.97 Å². The molecule has 0 amide bonds. The van der Waals surface area contributed by atoms with Gasteiger partial charge in [-0.25, -0.2) is 0 Å². The molecule has 0 aromatic rings. The van der Waals surface area contributed by atoms with E-state index < -0.39 is 11.4 Å². The van der Waals surface area contributed by atoms with E-state index in [1.165, 1.54) is 12.8 Å². The first-order valence-corrected chi connectivity index (χ1v) is 5.44. The second kappa shape index (κ2) is 3.54. The Morgan fingerprint density at radius 3 is 2.50 bits per heavy atom. The van der Waals surface area contributed by atoms with Crippen molar-refractivity contribution in [3.05, 3.63) is 0 Å². The van der Waals surface area contributed by atoms with Crippen molar-refractivity contribution in [1.82, 2.24) is 0 Å². The van der Waals surface area contributed by atoms with Gasteiger partial charge in [0.15, 0.2) is 0 Å². The molecule has 0 bridgehead atoms. The lowest BCUT2D eigenvalue weighted by Crippen LogP contribution is -2.35. The topological polar surface area (TPSA) is 46.5 Å². The van der Waals surface area contributed by atoms with E-state index in [0.29, 0.717) is 18.4 Å². The number of hydrogen-bond acceptors (Lipinski definition) is 2. The second-order valence-corrected chi connectivity index (χ2v) is 4.96. The fourth-order valence-corrected chi connectivity index (χ4v) is 1.80. The maximum atomic E-state index is 11.1. The Bertz CT molecular complexity index is 231. The van der Waals surface area contributed by atoms with Crippen LogP contribution in [-0.4, -0.2) is 24.3 Å². The summed E-state index contributed by atoms with van der Waals surface area (Å²) < 4.78 is 5.50. The molecule has 2 aliphatic carbocycles. The average Bonchev–Trinajstić information content (AvgIpc) is 2.98. The van der Waals surface area contributed by atoms with Crippen molar-refractivity contribution in [3.8, 4) is 0 Å². The van der Waals surface area contributed by atoms with Gasteiger partial charge in [0.2, 0.25) is 0 Å². The quantitative estimate of drug-likeness (QED) is 0.709. The smallest absolute Gasteiger partial charge is 0.311 e. The van der Waals surface area contributed by atoms with Crippen molar-refractivity contribution in [3.63, 3.8) is 0 Å². The second-order valence-electron chi connectivity index (χ2n) is 4.96. The third-order valence-electron chi connectivity index (χ3n) is 3.42. The summed E-state index contributed by atoms with van der Waals surface area (Å²) in [7, 11) is 0. The SMILES string of the molecule is CC(COCC1CC1)(C(=O)O)C1CC1. The Labute approximate surface area is 84.4 Å². The molecule has 0 spiro atoms. The van der Waals surface area contributed by atoms with Crippen LogP contribution in [0.4, 0.5) is 0 Å². The summed E-state index contributed by atoms with van der Waals surface area (Å²) in [6, 6.07) is 0. The highest BCUT2D eigenvalue weighted by molar-refractivity contribution is 5.75. The molecule has 2 saturated carbocycles. The largest absolute Gasteiger partial charge is 0.481 e. The van der Waals surface area contributed by atoms with Gasteiger partial charge in [-0.1, -0.05) is 0 Å². The highest BCUT2D eigenvalue weighted by atomic mass is 16.5. The van der Waals surface area contributed by atoms with Gasteiger partial charge in [-0.05, 0) is 44.4 Å². The first-order valence-electron chi connectivity index (χ1n) is 5.44. The van der Waals surface area contributed by atoms with Crippen LogP contribution >= 0.6 is 0 Å². The van der Waals surface area contributed by atoms with Gasteiger partial charge in [-0.2, -0.15) is 0 Å². The average molecular weight is 198 g/mol. The molecule has 0 heterocycles. The summed E-state index contributed by atoms with van der Waals surface area (Å²) in [6.07, 6.45) is 4.62. The Morgan fingerprint density at radius 1 is 1.43 bits per heavy atom. The third kappa shape index (κ3) is 2.08. The Balaban J connectivity index is 1.79. The number of aliphatic carboxylic acids is 1. The molecule has 3 heteroatoms.